The largest absolute Gasteiger partial charge is 0.339 e. The van der Waals surface area contributed by atoms with Crippen molar-refractivity contribution in [1.29, 1.82) is 0 Å². The molecule has 0 radical (unpaired) electrons. The van der Waals surface area contributed by atoms with Crippen molar-refractivity contribution >= 4 is 23.5 Å². The van der Waals surface area contributed by atoms with Gasteiger partial charge in [0, 0.05) is 23.8 Å². The molecule has 0 bridgehead atoms. The van der Waals surface area contributed by atoms with Gasteiger partial charge in [-0.05, 0) is 19.4 Å². The lowest BCUT2D eigenvalue weighted by Gasteiger charge is -2.19. The Labute approximate surface area is 110 Å². The van der Waals surface area contributed by atoms with Crippen molar-refractivity contribution in [3.05, 3.63) is 11.7 Å². The van der Waals surface area contributed by atoms with E-state index in [1.807, 2.05) is 23.5 Å². The van der Waals surface area contributed by atoms with Crippen molar-refractivity contribution in [3.63, 3.8) is 0 Å². The molecule has 2 atom stereocenters. The van der Waals surface area contributed by atoms with Crippen LogP contribution in [0.3, 0.4) is 0 Å². The van der Waals surface area contributed by atoms with Gasteiger partial charge in [0.05, 0.1) is 11.2 Å². The smallest absolute Gasteiger partial charge is 0.231 e. The second-order valence-corrected chi connectivity index (χ2v) is 6.93. The van der Waals surface area contributed by atoms with Gasteiger partial charge in [0.1, 0.15) is 0 Å². The molecule has 2 saturated heterocycles. The summed E-state index contributed by atoms with van der Waals surface area (Å²) in [5.41, 5.74) is 0. The molecule has 2 aliphatic heterocycles. The average molecular weight is 271 g/mol. The predicted molar refractivity (Wildman–Crippen MR) is 71.7 cm³/mol. The van der Waals surface area contributed by atoms with Gasteiger partial charge in [-0.15, -0.1) is 11.8 Å². The maximum atomic E-state index is 5.43. The maximum Gasteiger partial charge on any atom is 0.231 e. The first-order valence-corrected chi connectivity index (χ1v) is 8.37. The van der Waals surface area contributed by atoms with Gasteiger partial charge in [-0.2, -0.15) is 16.7 Å². The molecule has 3 rings (SSSR count). The van der Waals surface area contributed by atoms with Crippen LogP contribution in [0.25, 0.3) is 0 Å². The normalized spacial score (nSPS) is 30.4. The zero-order valence-electron chi connectivity index (χ0n) is 9.72. The van der Waals surface area contributed by atoms with Gasteiger partial charge in [0.25, 0.3) is 0 Å². The summed E-state index contributed by atoms with van der Waals surface area (Å²) in [7, 11) is 0. The van der Waals surface area contributed by atoms with E-state index in [1.165, 1.54) is 24.3 Å². The quantitative estimate of drug-likeness (QED) is 0.888. The standard InChI is InChI=1S/C11H17N3OS2/c1-2-8(6-12-3-1)11-13-10(14-15-11)9-7-16-4-5-17-9/h8-9,12H,1-7H2/t8-,9?/m0/s1. The molecule has 94 valence electrons. The Hall–Kier alpha value is -0.200. The lowest BCUT2D eigenvalue weighted by atomic mass is 10.00. The van der Waals surface area contributed by atoms with E-state index in [1.54, 1.807) is 0 Å². The van der Waals surface area contributed by atoms with Crippen molar-refractivity contribution in [1.82, 2.24) is 15.5 Å². The molecule has 0 amide bonds. The third-order valence-electron chi connectivity index (χ3n) is 3.21. The minimum atomic E-state index is 0.422. The summed E-state index contributed by atoms with van der Waals surface area (Å²) in [4.78, 5) is 4.61. The summed E-state index contributed by atoms with van der Waals surface area (Å²) in [6, 6.07) is 0. The Balaban J connectivity index is 1.68. The fourth-order valence-electron chi connectivity index (χ4n) is 2.24. The summed E-state index contributed by atoms with van der Waals surface area (Å²) >= 11 is 3.94. The lowest BCUT2D eigenvalue weighted by molar-refractivity contribution is 0.320. The fourth-order valence-corrected chi connectivity index (χ4v) is 4.83. The minimum Gasteiger partial charge on any atom is -0.339 e. The third kappa shape index (κ3) is 2.80. The second kappa shape index (κ2) is 5.63. The van der Waals surface area contributed by atoms with E-state index in [-0.39, 0.29) is 0 Å². The van der Waals surface area contributed by atoms with Crippen LogP contribution in [0.5, 0.6) is 0 Å². The Morgan fingerprint density at radius 1 is 1.35 bits per heavy atom. The number of nitrogens with zero attached hydrogens (tertiary/aromatic N) is 2. The molecule has 3 heterocycles. The van der Waals surface area contributed by atoms with E-state index < -0.39 is 0 Å². The van der Waals surface area contributed by atoms with E-state index in [0.29, 0.717) is 11.2 Å². The van der Waals surface area contributed by atoms with E-state index >= 15 is 0 Å². The van der Waals surface area contributed by atoms with Crippen molar-refractivity contribution in [2.75, 3.05) is 30.3 Å². The van der Waals surface area contributed by atoms with E-state index in [0.717, 1.165) is 30.6 Å². The molecule has 0 saturated carbocycles. The molecule has 1 unspecified atom stereocenters. The Morgan fingerprint density at radius 3 is 3.12 bits per heavy atom. The summed E-state index contributed by atoms with van der Waals surface area (Å²) in [6.07, 6.45) is 2.37. The summed E-state index contributed by atoms with van der Waals surface area (Å²) in [6.45, 7) is 2.10. The Morgan fingerprint density at radius 2 is 2.35 bits per heavy atom. The zero-order chi connectivity index (χ0) is 11.5. The lowest BCUT2D eigenvalue weighted by Crippen LogP contribution is -2.28. The Kier molecular flexibility index (Phi) is 3.93. The van der Waals surface area contributed by atoms with Crippen LogP contribution in [0.4, 0.5) is 0 Å². The minimum absolute atomic E-state index is 0.422. The predicted octanol–water partition coefficient (Wildman–Crippen LogP) is 2.06. The molecular weight excluding hydrogens is 254 g/mol. The molecule has 4 nitrogen and oxygen atoms in total. The first kappa shape index (κ1) is 11.9. The van der Waals surface area contributed by atoms with Gasteiger partial charge >= 0.3 is 0 Å². The molecule has 17 heavy (non-hydrogen) atoms. The topological polar surface area (TPSA) is 51.0 Å². The highest BCUT2D eigenvalue weighted by Crippen LogP contribution is 2.35. The number of nitrogens with one attached hydrogen (secondary N) is 1. The van der Waals surface area contributed by atoms with Crippen LogP contribution in [-0.4, -0.2) is 40.5 Å². The van der Waals surface area contributed by atoms with E-state index in [4.69, 9.17) is 4.52 Å². The first-order chi connectivity index (χ1) is 8.43. The summed E-state index contributed by atoms with van der Waals surface area (Å²) < 4.78 is 5.43. The first-order valence-electron chi connectivity index (χ1n) is 6.17. The maximum absolute atomic E-state index is 5.43. The zero-order valence-corrected chi connectivity index (χ0v) is 11.4. The molecule has 2 fully saturated rings. The van der Waals surface area contributed by atoms with Crippen molar-refractivity contribution in [2.45, 2.75) is 24.0 Å². The van der Waals surface area contributed by atoms with Crippen LogP contribution < -0.4 is 5.32 Å². The molecular formula is C11H17N3OS2. The van der Waals surface area contributed by atoms with Gasteiger partial charge in [0.15, 0.2) is 5.82 Å². The molecule has 1 N–H and O–H groups in total. The van der Waals surface area contributed by atoms with Gasteiger partial charge in [-0.1, -0.05) is 5.16 Å². The number of thioether (sulfide) groups is 2. The highest BCUT2D eigenvalue weighted by Gasteiger charge is 2.25. The van der Waals surface area contributed by atoms with Crippen LogP contribution in [0, 0.1) is 0 Å². The van der Waals surface area contributed by atoms with E-state index in [2.05, 4.69) is 15.5 Å². The SMILES string of the molecule is C1CNC[C@@H](c2nc(C3CSCCS3)no2)C1. The Bertz CT molecular complexity index is 327. The summed E-state index contributed by atoms with van der Waals surface area (Å²) in [5, 5.41) is 7.99. The number of piperidine rings is 1. The van der Waals surface area contributed by atoms with Crippen LogP contribution in [0.15, 0.2) is 4.52 Å². The van der Waals surface area contributed by atoms with Crippen LogP contribution >= 0.6 is 23.5 Å². The molecule has 6 heteroatoms. The molecule has 0 aliphatic carbocycles. The van der Waals surface area contributed by atoms with Crippen LogP contribution in [0.1, 0.15) is 35.7 Å². The molecule has 1 aromatic rings. The van der Waals surface area contributed by atoms with Crippen molar-refractivity contribution < 1.29 is 4.52 Å². The van der Waals surface area contributed by atoms with Gasteiger partial charge in [0.2, 0.25) is 5.89 Å². The second-order valence-electron chi connectivity index (χ2n) is 4.47. The van der Waals surface area contributed by atoms with Crippen LogP contribution in [0.2, 0.25) is 0 Å². The third-order valence-corrected chi connectivity index (χ3v) is 5.96. The fraction of sp³-hybridized carbons (Fsp3) is 0.818. The molecule has 0 spiro atoms. The van der Waals surface area contributed by atoms with Crippen molar-refractivity contribution in [2.24, 2.45) is 0 Å². The van der Waals surface area contributed by atoms with E-state index in [9.17, 15) is 0 Å². The number of rotatable bonds is 2. The molecule has 1 aromatic heterocycles. The van der Waals surface area contributed by atoms with Gasteiger partial charge in [-0.3, -0.25) is 0 Å². The monoisotopic (exact) mass is 271 g/mol. The van der Waals surface area contributed by atoms with Crippen LogP contribution in [-0.2, 0) is 0 Å². The number of hydrogen-bond donors (Lipinski definition) is 1. The van der Waals surface area contributed by atoms with Crippen molar-refractivity contribution in [3.8, 4) is 0 Å². The highest BCUT2D eigenvalue weighted by molar-refractivity contribution is 8.06. The number of aromatic nitrogens is 2. The van der Waals surface area contributed by atoms with Gasteiger partial charge < -0.3 is 9.84 Å². The average Bonchev–Trinajstić information content (AvgIpc) is 2.90. The van der Waals surface area contributed by atoms with Gasteiger partial charge in [-0.25, -0.2) is 0 Å². The summed E-state index contributed by atoms with van der Waals surface area (Å²) in [5.74, 6) is 5.73. The number of hydrogen-bond acceptors (Lipinski definition) is 6. The molecule has 0 aromatic carbocycles. The molecule has 2 aliphatic rings. The highest BCUT2D eigenvalue weighted by atomic mass is 32.2.